The number of hydrogen-bond donors (Lipinski definition) is 2. The standard InChI is InChI=1S/C11H15N3O4S/c1-11(5-6-11)13-19(17,18)8-3-4-10(14(15)16)9(7-8)12-2/h3-4,7,12-13H,5-6H2,1-2H3. The Bertz CT molecular complexity index is 623. The van der Waals surface area contributed by atoms with Crippen molar-refractivity contribution in [3.05, 3.63) is 28.3 Å². The highest BCUT2D eigenvalue weighted by atomic mass is 32.2. The van der Waals surface area contributed by atoms with Gasteiger partial charge in [-0.05, 0) is 31.9 Å². The summed E-state index contributed by atoms with van der Waals surface area (Å²) in [6.07, 6.45) is 1.61. The molecule has 0 amide bonds. The number of rotatable bonds is 5. The van der Waals surface area contributed by atoms with Crippen LogP contribution in [0.1, 0.15) is 19.8 Å². The molecule has 0 aromatic heterocycles. The summed E-state index contributed by atoms with van der Waals surface area (Å²) in [5.74, 6) is 0. The van der Waals surface area contributed by atoms with Gasteiger partial charge in [0.05, 0.1) is 9.82 Å². The van der Waals surface area contributed by atoms with E-state index >= 15 is 0 Å². The van der Waals surface area contributed by atoms with Gasteiger partial charge in [-0.1, -0.05) is 0 Å². The first-order chi connectivity index (χ1) is 8.77. The number of hydrogen-bond acceptors (Lipinski definition) is 5. The molecule has 0 spiro atoms. The quantitative estimate of drug-likeness (QED) is 0.630. The summed E-state index contributed by atoms with van der Waals surface area (Å²) in [6.45, 7) is 1.83. The molecule has 19 heavy (non-hydrogen) atoms. The van der Waals surface area contributed by atoms with Crippen LogP contribution in [0.5, 0.6) is 0 Å². The molecule has 7 nitrogen and oxygen atoms in total. The van der Waals surface area contributed by atoms with Gasteiger partial charge in [-0.2, -0.15) is 0 Å². The minimum atomic E-state index is -3.64. The predicted octanol–water partition coefficient (Wildman–Crippen LogP) is 1.47. The fourth-order valence-corrected chi connectivity index (χ4v) is 3.21. The van der Waals surface area contributed by atoms with Crippen molar-refractivity contribution in [1.82, 2.24) is 4.72 Å². The van der Waals surface area contributed by atoms with Gasteiger partial charge < -0.3 is 5.32 Å². The molecule has 0 aliphatic heterocycles. The molecule has 0 radical (unpaired) electrons. The minimum Gasteiger partial charge on any atom is -0.383 e. The van der Waals surface area contributed by atoms with Crippen molar-refractivity contribution >= 4 is 21.4 Å². The van der Waals surface area contributed by atoms with Crippen LogP contribution in [0, 0.1) is 10.1 Å². The first kappa shape index (κ1) is 13.8. The van der Waals surface area contributed by atoms with E-state index in [0.29, 0.717) is 0 Å². The van der Waals surface area contributed by atoms with E-state index in [2.05, 4.69) is 10.0 Å². The van der Waals surface area contributed by atoms with E-state index in [1.807, 2.05) is 6.92 Å². The van der Waals surface area contributed by atoms with Gasteiger partial charge in [0, 0.05) is 18.7 Å². The number of nitrogens with zero attached hydrogens (tertiary/aromatic N) is 1. The lowest BCUT2D eigenvalue weighted by molar-refractivity contribution is -0.384. The molecular formula is C11H15N3O4S. The third kappa shape index (κ3) is 2.85. The molecule has 1 aliphatic rings. The van der Waals surface area contributed by atoms with Crippen LogP contribution in [0.3, 0.4) is 0 Å². The van der Waals surface area contributed by atoms with Gasteiger partial charge in [-0.25, -0.2) is 13.1 Å². The average molecular weight is 285 g/mol. The van der Waals surface area contributed by atoms with E-state index in [-0.39, 0.29) is 21.8 Å². The zero-order chi connectivity index (χ0) is 14.3. The summed E-state index contributed by atoms with van der Waals surface area (Å²) in [6, 6.07) is 3.70. The van der Waals surface area contributed by atoms with Crippen molar-refractivity contribution in [1.29, 1.82) is 0 Å². The zero-order valence-electron chi connectivity index (χ0n) is 10.6. The van der Waals surface area contributed by atoms with Gasteiger partial charge in [-0.3, -0.25) is 10.1 Å². The van der Waals surface area contributed by atoms with Crippen LogP contribution in [-0.4, -0.2) is 25.9 Å². The highest BCUT2D eigenvalue weighted by Gasteiger charge is 2.41. The monoisotopic (exact) mass is 285 g/mol. The van der Waals surface area contributed by atoms with Crippen LogP contribution in [0.15, 0.2) is 23.1 Å². The van der Waals surface area contributed by atoms with E-state index in [9.17, 15) is 18.5 Å². The van der Waals surface area contributed by atoms with Crippen LogP contribution in [0.4, 0.5) is 11.4 Å². The summed E-state index contributed by atoms with van der Waals surface area (Å²) in [7, 11) is -2.13. The molecule has 104 valence electrons. The molecule has 0 bridgehead atoms. The topological polar surface area (TPSA) is 101 Å². The van der Waals surface area contributed by atoms with Crippen LogP contribution in [0.25, 0.3) is 0 Å². The van der Waals surface area contributed by atoms with E-state index in [0.717, 1.165) is 12.8 Å². The molecule has 1 aromatic carbocycles. The van der Waals surface area contributed by atoms with Crippen molar-refractivity contribution < 1.29 is 13.3 Å². The SMILES string of the molecule is CNc1cc(S(=O)(=O)NC2(C)CC2)ccc1[N+](=O)[O-]. The fraction of sp³-hybridized carbons (Fsp3) is 0.455. The Kier molecular flexibility index (Phi) is 3.23. The lowest BCUT2D eigenvalue weighted by atomic mass is 10.3. The van der Waals surface area contributed by atoms with Gasteiger partial charge in [0.2, 0.25) is 10.0 Å². The van der Waals surface area contributed by atoms with Gasteiger partial charge >= 0.3 is 0 Å². The van der Waals surface area contributed by atoms with Crippen LogP contribution >= 0.6 is 0 Å². The molecule has 1 saturated carbocycles. The molecule has 0 saturated heterocycles. The summed E-state index contributed by atoms with van der Waals surface area (Å²) >= 11 is 0. The second-order valence-corrected chi connectivity index (χ2v) is 6.53. The number of sulfonamides is 1. The Morgan fingerprint density at radius 2 is 2.00 bits per heavy atom. The highest BCUT2D eigenvalue weighted by molar-refractivity contribution is 7.89. The second-order valence-electron chi connectivity index (χ2n) is 4.85. The minimum absolute atomic E-state index is 0.0237. The molecule has 1 aromatic rings. The third-order valence-electron chi connectivity index (χ3n) is 3.13. The highest BCUT2D eigenvalue weighted by Crippen LogP contribution is 2.36. The first-order valence-electron chi connectivity index (χ1n) is 5.78. The van der Waals surface area contributed by atoms with Crippen molar-refractivity contribution in [3.63, 3.8) is 0 Å². The van der Waals surface area contributed by atoms with E-state index in [1.54, 1.807) is 0 Å². The molecule has 2 rings (SSSR count). The molecule has 0 unspecified atom stereocenters. The molecule has 2 N–H and O–H groups in total. The molecule has 0 heterocycles. The largest absolute Gasteiger partial charge is 0.383 e. The molecule has 8 heteroatoms. The van der Waals surface area contributed by atoms with E-state index < -0.39 is 14.9 Å². The Labute approximate surface area is 111 Å². The maximum absolute atomic E-state index is 12.1. The number of nitrogens with one attached hydrogen (secondary N) is 2. The molecular weight excluding hydrogens is 270 g/mol. The Balaban J connectivity index is 2.38. The van der Waals surface area contributed by atoms with Gasteiger partial charge in [0.1, 0.15) is 5.69 Å². The molecule has 0 atom stereocenters. The normalized spacial score (nSPS) is 16.9. The second kappa shape index (κ2) is 4.46. The number of nitro benzene ring substituents is 1. The van der Waals surface area contributed by atoms with Crippen molar-refractivity contribution in [2.24, 2.45) is 0 Å². The van der Waals surface area contributed by atoms with E-state index in [1.165, 1.54) is 25.2 Å². The van der Waals surface area contributed by atoms with E-state index in [4.69, 9.17) is 0 Å². The first-order valence-corrected chi connectivity index (χ1v) is 7.26. The van der Waals surface area contributed by atoms with Crippen LogP contribution < -0.4 is 10.0 Å². The fourth-order valence-electron chi connectivity index (χ4n) is 1.71. The number of benzene rings is 1. The summed E-state index contributed by atoms with van der Waals surface area (Å²) in [5, 5.41) is 13.4. The van der Waals surface area contributed by atoms with Gasteiger partial charge in [-0.15, -0.1) is 0 Å². The summed E-state index contributed by atoms with van der Waals surface area (Å²) in [4.78, 5) is 10.2. The Morgan fingerprint density at radius 3 is 2.47 bits per heavy atom. The zero-order valence-corrected chi connectivity index (χ0v) is 11.5. The number of nitro groups is 1. The third-order valence-corrected chi connectivity index (χ3v) is 4.76. The molecule has 1 aliphatic carbocycles. The van der Waals surface area contributed by atoms with Crippen molar-refractivity contribution in [2.75, 3.05) is 12.4 Å². The smallest absolute Gasteiger partial charge is 0.292 e. The maximum atomic E-state index is 12.1. The summed E-state index contributed by atoms with van der Waals surface area (Å²) < 4.78 is 26.9. The van der Waals surface area contributed by atoms with Gasteiger partial charge in [0.15, 0.2) is 0 Å². The summed E-state index contributed by atoms with van der Waals surface area (Å²) in [5.41, 5.74) is -0.353. The Morgan fingerprint density at radius 1 is 1.37 bits per heavy atom. The lowest BCUT2D eigenvalue weighted by Crippen LogP contribution is -2.34. The predicted molar refractivity (Wildman–Crippen MR) is 70.6 cm³/mol. The lowest BCUT2D eigenvalue weighted by Gasteiger charge is -2.13. The number of anilines is 1. The van der Waals surface area contributed by atoms with Crippen LogP contribution in [-0.2, 0) is 10.0 Å². The van der Waals surface area contributed by atoms with Crippen molar-refractivity contribution in [2.45, 2.75) is 30.2 Å². The van der Waals surface area contributed by atoms with Crippen molar-refractivity contribution in [3.8, 4) is 0 Å². The maximum Gasteiger partial charge on any atom is 0.292 e. The van der Waals surface area contributed by atoms with Crippen LogP contribution in [0.2, 0.25) is 0 Å². The molecule has 1 fully saturated rings. The average Bonchev–Trinajstić information content (AvgIpc) is 3.04. The Hall–Kier alpha value is -1.67. The van der Waals surface area contributed by atoms with Gasteiger partial charge in [0.25, 0.3) is 5.69 Å².